The number of nitrogens with one attached hydrogen (secondary N) is 1. The Kier molecular flexibility index (Phi) is 3.58. The first-order valence-corrected chi connectivity index (χ1v) is 6.37. The van der Waals surface area contributed by atoms with Crippen molar-refractivity contribution in [2.75, 3.05) is 5.75 Å². The highest BCUT2D eigenvalue weighted by Crippen LogP contribution is 2.24. The molecule has 4 nitrogen and oxygen atoms in total. The highest BCUT2D eigenvalue weighted by atomic mass is 32.2. The largest absolute Gasteiger partial charge is 0.409 e. The number of fused-ring (bicyclic) bond motifs is 1. The highest BCUT2D eigenvalue weighted by Gasteiger charge is 2.09. The number of aromatic nitrogens is 1. The molecule has 90 valence electrons. The van der Waals surface area contributed by atoms with E-state index in [0.29, 0.717) is 0 Å². The van der Waals surface area contributed by atoms with E-state index in [2.05, 4.69) is 22.3 Å². The summed E-state index contributed by atoms with van der Waals surface area (Å²) in [4.78, 5) is 3.33. The number of nitrogens with two attached hydrogens (primary N) is 1. The van der Waals surface area contributed by atoms with Gasteiger partial charge >= 0.3 is 0 Å². The fraction of sp³-hybridized carbons (Fsp3) is 0.250. The van der Waals surface area contributed by atoms with Gasteiger partial charge in [0.15, 0.2) is 0 Å². The van der Waals surface area contributed by atoms with Gasteiger partial charge in [-0.05, 0) is 12.1 Å². The summed E-state index contributed by atoms with van der Waals surface area (Å²) in [7, 11) is 0. The molecule has 0 fully saturated rings. The van der Waals surface area contributed by atoms with Crippen molar-refractivity contribution >= 4 is 28.5 Å². The number of thioether (sulfide) groups is 1. The number of rotatable bonds is 4. The molecule has 2 aromatic rings. The molecule has 0 saturated heterocycles. The van der Waals surface area contributed by atoms with E-state index in [9.17, 15) is 0 Å². The van der Waals surface area contributed by atoms with E-state index in [4.69, 9.17) is 10.9 Å². The predicted molar refractivity (Wildman–Crippen MR) is 71.6 cm³/mol. The SMILES string of the molecule is CC(CSc1cc2ccccc2[nH]1)C(N)=NO. The lowest BCUT2D eigenvalue weighted by Crippen LogP contribution is -2.22. The average molecular weight is 249 g/mol. The number of hydrogen-bond donors (Lipinski definition) is 3. The smallest absolute Gasteiger partial charge is 0.142 e. The maximum atomic E-state index is 8.56. The number of para-hydroxylation sites is 1. The predicted octanol–water partition coefficient (Wildman–Crippen LogP) is 2.64. The van der Waals surface area contributed by atoms with Gasteiger partial charge in [0.25, 0.3) is 0 Å². The van der Waals surface area contributed by atoms with Crippen LogP contribution in [0.2, 0.25) is 0 Å². The molecule has 5 heteroatoms. The third kappa shape index (κ3) is 2.74. The zero-order chi connectivity index (χ0) is 12.3. The number of amidine groups is 1. The molecule has 2 rings (SSSR count). The Labute approximate surface area is 104 Å². The van der Waals surface area contributed by atoms with Crippen LogP contribution in [0.25, 0.3) is 10.9 Å². The first kappa shape index (κ1) is 11.9. The molecule has 1 aromatic carbocycles. The summed E-state index contributed by atoms with van der Waals surface area (Å²) in [6, 6.07) is 10.3. The van der Waals surface area contributed by atoms with Crippen LogP contribution in [-0.2, 0) is 0 Å². The van der Waals surface area contributed by atoms with Crippen molar-refractivity contribution in [2.24, 2.45) is 16.8 Å². The first-order chi connectivity index (χ1) is 8.20. The number of H-pyrrole nitrogens is 1. The van der Waals surface area contributed by atoms with Crippen LogP contribution in [-0.4, -0.2) is 21.8 Å². The minimum atomic E-state index is 0.0522. The Morgan fingerprint density at radius 3 is 3.00 bits per heavy atom. The van der Waals surface area contributed by atoms with E-state index >= 15 is 0 Å². The quantitative estimate of drug-likeness (QED) is 0.256. The van der Waals surface area contributed by atoms with Crippen molar-refractivity contribution in [3.63, 3.8) is 0 Å². The second-order valence-corrected chi connectivity index (χ2v) is 5.02. The summed E-state index contributed by atoms with van der Waals surface area (Å²) in [6.45, 7) is 1.94. The maximum Gasteiger partial charge on any atom is 0.142 e. The molecule has 0 aliphatic heterocycles. The lowest BCUT2D eigenvalue weighted by molar-refractivity contribution is 0.315. The molecule has 0 saturated carbocycles. The molecule has 1 aromatic heterocycles. The van der Waals surface area contributed by atoms with E-state index in [0.717, 1.165) is 16.3 Å². The van der Waals surface area contributed by atoms with Crippen LogP contribution in [0.15, 0.2) is 40.5 Å². The molecular weight excluding hydrogens is 234 g/mol. The van der Waals surface area contributed by atoms with Crippen LogP contribution in [0.3, 0.4) is 0 Å². The normalized spacial score (nSPS) is 14.1. The molecular formula is C12H15N3OS. The van der Waals surface area contributed by atoms with Crippen molar-refractivity contribution < 1.29 is 5.21 Å². The van der Waals surface area contributed by atoms with Crippen LogP contribution >= 0.6 is 11.8 Å². The Bertz CT molecular complexity index is 502. The van der Waals surface area contributed by atoms with E-state index in [1.807, 2.05) is 25.1 Å². The number of aromatic amines is 1. The zero-order valence-corrected chi connectivity index (χ0v) is 10.4. The Balaban J connectivity index is 2.04. The average Bonchev–Trinajstić information content (AvgIpc) is 2.77. The van der Waals surface area contributed by atoms with Gasteiger partial charge < -0.3 is 15.9 Å². The summed E-state index contributed by atoms with van der Waals surface area (Å²) in [5.41, 5.74) is 6.66. The third-order valence-electron chi connectivity index (χ3n) is 2.61. The van der Waals surface area contributed by atoms with Crippen LogP contribution in [0.4, 0.5) is 0 Å². The molecule has 0 amide bonds. The number of nitrogens with zero attached hydrogens (tertiary/aromatic N) is 1. The van der Waals surface area contributed by atoms with Crippen molar-refractivity contribution in [1.82, 2.24) is 4.98 Å². The number of benzene rings is 1. The minimum Gasteiger partial charge on any atom is -0.409 e. The molecule has 4 N–H and O–H groups in total. The molecule has 0 spiro atoms. The van der Waals surface area contributed by atoms with Gasteiger partial charge in [0, 0.05) is 22.6 Å². The summed E-state index contributed by atoms with van der Waals surface area (Å²) in [6.07, 6.45) is 0. The van der Waals surface area contributed by atoms with Gasteiger partial charge in [0.05, 0.1) is 5.03 Å². The molecule has 17 heavy (non-hydrogen) atoms. The van der Waals surface area contributed by atoms with Gasteiger partial charge in [-0.25, -0.2) is 0 Å². The Hall–Kier alpha value is -1.62. The van der Waals surface area contributed by atoms with Crippen LogP contribution in [0.1, 0.15) is 6.92 Å². The molecule has 0 aliphatic carbocycles. The van der Waals surface area contributed by atoms with Gasteiger partial charge in [-0.15, -0.1) is 11.8 Å². The summed E-state index contributed by atoms with van der Waals surface area (Å²) in [5, 5.41) is 13.9. The van der Waals surface area contributed by atoms with Gasteiger partial charge in [-0.1, -0.05) is 30.3 Å². The number of hydrogen-bond acceptors (Lipinski definition) is 3. The summed E-state index contributed by atoms with van der Waals surface area (Å²) in [5.74, 6) is 1.10. The van der Waals surface area contributed by atoms with Crippen molar-refractivity contribution in [1.29, 1.82) is 0 Å². The van der Waals surface area contributed by atoms with Crippen LogP contribution < -0.4 is 5.73 Å². The fourth-order valence-corrected chi connectivity index (χ4v) is 2.52. The summed E-state index contributed by atoms with van der Waals surface area (Å²) < 4.78 is 0. The zero-order valence-electron chi connectivity index (χ0n) is 9.55. The minimum absolute atomic E-state index is 0.0522. The molecule has 1 heterocycles. The molecule has 0 aliphatic rings. The third-order valence-corrected chi connectivity index (χ3v) is 3.81. The van der Waals surface area contributed by atoms with Crippen LogP contribution in [0.5, 0.6) is 0 Å². The number of oxime groups is 1. The van der Waals surface area contributed by atoms with Crippen LogP contribution in [0, 0.1) is 5.92 Å². The van der Waals surface area contributed by atoms with E-state index < -0.39 is 0 Å². The second kappa shape index (κ2) is 5.14. The van der Waals surface area contributed by atoms with Gasteiger partial charge in [0.2, 0.25) is 0 Å². The first-order valence-electron chi connectivity index (χ1n) is 5.38. The Morgan fingerprint density at radius 1 is 1.53 bits per heavy atom. The van der Waals surface area contributed by atoms with Gasteiger partial charge in [-0.3, -0.25) is 0 Å². The van der Waals surface area contributed by atoms with Gasteiger partial charge in [0.1, 0.15) is 5.84 Å². The summed E-state index contributed by atoms with van der Waals surface area (Å²) >= 11 is 1.67. The topological polar surface area (TPSA) is 74.4 Å². The highest BCUT2D eigenvalue weighted by molar-refractivity contribution is 7.99. The van der Waals surface area contributed by atoms with E-state index in [1.54, 1.807) is 11.8 Å². The molecule has 1 unspecified atom stereocenters. The fourth-order valence-electron chi connectivity index (χ4n) is 1.52. The van der Waals surface area contributed by atoms with Gasteiger partial charge in [-0.2, -0.15) is 0 Å². The monoisotopic (exact) mass is 249 g/mol. The van der Waals surface area contributed by atoms with Crippen molar-refractivity contribution in [3.05, 3.63) is 30.3 Å². The lowest BCUT2D eigenvalue weighted by atomic mass is 10.2. The van der Waals surface area contributed by atoms with Crippen molar-refractivity contribution in [2.45, 2.75) is 11.9 Å². The van der Waals surface area contributed by atoms with E-state index in [-0.39, 0.29) is 11.8 Å². The van der Waals surface area contributed by atoms with E-state index in [1.165, 1.54) is 5.39 Å². The standard InChI is InChI=1S/C12H15N3OS/c1-8(12(13)15-16)7-17-11-6-9-4-2-3-5-10(9)14-11/h2-6,8,14,16H,7H2,1H3,(H2,13,15). The maximum absolute atomic E-state index is 8.56. The Morgan fingerprint density at radius 2 is 2.29 bits per heavy atom. The molecule has 1 atom stereocenters. The van der Waals surface area contributed by atoms with Crippen molar-refractivity contribution in [3.8, 4) is 0 Å². The second-order valence-electron chi connectivity index (χ2n) is 3.96. The molecule has 0 bridgehead atoms. The lowest BCUT2D eigenvalue weighted by Gasteiger charge is -2.07. The molecule has 0 radical (unpaired) electrons.